The first-order chi connectivity index (χ1) is 9.54. The van der Waals surface area contributed by atoms with E-state index in [1.54, 1.807) is 0 Å². The number of carbonyl (C=O) groups excluding carboxylic acids is 1. The molecule has 0 aromatic heterocycles. The molecule has 110 valence electrons. The van der Waals surface area contributed by atoms with Crippen LogP contribution in [0.5, 0.6) is 0 Å². The lowest BCUT2D eigenvalue weighted by Crippen LogP contribution is -2.36. The number of nitrogens with zero attached hydrogens (tertiary/aromatic N) is 1. The Bertz CT molecular complexity index is 441. The van der Waals surface area contributed by atoms with Gasteiger partial charge in [0.1, 0.15) is 0 Å². The zero-order valence-corrected chi connectivity index (χ0v) is 12.6. The van der Waals surface area contributed by atoms with Crippen molar-refractivity contribution in [2.45, 2.75) is 39.7 Å². The van der Waals surface area contributed by atoms with E-state index in [0.29, 0.717) is 5.92 Å². The first kappa shape index (κ1) is 15.0. The highest BCUT2D eigenvalue weighted by molar-refractivity contribution is 5.76. The van der Waals surface area contributed by atoms with Crippen molar-refractivity contribution < 1.29 is 4.79 Å². The SMILES string of the molecule is Cc1ccc(CN2CCCC(CC(C)C(N)=O)C2)cc1. The minimum Gasteiger partial charge on any atom is -0.369 e. The molecule has 0 radical (unpaired) electrons. The van der Waals surface area contributed by atoms with Gasteiger partial charge in [0.2, 0.25) is 5.91 Å². The Morgan fingerprint density at radius 2 is 2.10 bits per heavy atom. The third-order valence-electron chi connectivity index (χ3n) is 4.30. The topological polar surface area (TPSA) is 46.3 Å². The smallest absolute Gasteiger partial charge is 0.220 e. The molecular formula is C17H26N2O. The van der Waals surface area contributed by atoms with E-state index >= 15 is 0 Å². The summed E-state index contributed by atoms with van der Waals surface area (Å²) >= 11 is 0. The summed E-state index contributed by atoms with van der Waals surface area (Å²) in [5.41, 5.74) is 8.05. The zero-order chi connectivity index (χ0) is 14.5. The van der Waals surface area contributed by atoms with Crippen LogP contribution in [-0.2, 0) is 11.3 Å². The number of piperidine rings is 1. The lowest BCUT2D eigenvalue weighted by molar-refractivity contribution is -0.121. The molecule has 1 aliphatic heterocycles. The molecule has 0 saturated carbocycles. The molecule has 1 aliphatic rings. The van der Waals surface area contributed by atoms with Crippen LogP contribution in [0.2, 0.25) is 0 Å². The molecule has 2 N–H and O–H groups in total. The van der Waals surface area contributed by atoms with E-state index in [1.165, 1.54) is 24.0 Å². The molecule has 2 rings (SSSR count). The first-order valence-corrected chi connectivity index (χ1v) is 7.62. The highest BCUT2D eigenvalue weighted by Gasteiger charge is 2.23. The molecule has 1 aromatic carbocycles. The molecule has 0 bridgehead atoms. The van der Waals surface area contributed by atoms with Gasteiger partial charge in [-0.3, -0.25) is 9.69 Å². The minimum atomic E-state index is -0.166. The van der Waals surface area contributed by atoms with E-state index < -0.39 is 0 Å². The van der Waals surface area contributed by atoms with Crippen LogP contribution < -0.4 is 5.73 Å². The second-order valence-corrected chi connectivity index (χ2v) is 6.27. The number of carbonyl (C=O) groups is 1. The predicted molar refractivity (Wildman–Crippen MR) is 82.2 cm³/mol. The molecule has 2 atom stereocenters. The fourth-order valence-electron chi connectivity index (χ4n) is 3.06. The van der Waals surface area contributed by atoms with Crippen molar-refractivity contribution in [3.8, 4) is 0 Å². The van der Waals surface area contributed by atoms with Crippen molar-refractivity contribution in [1.29, 1.82) is 0 Å². The lowest BCUT2D eigenvalue weighted by atomic mass is 9.88. The number of nitrogens with two attached hydrogens (primary N) is 1. The van der Waals surface area contributed by atoms with E-state index in [1.807, 2.05) is 6.92 Å². The predicted octanol–water partition coefficient (Wildman–Crippen LogP) is 2.72. The van der Waals surface area contributed by atoms with Crippen LogP contribution >= 0.6 is 0 Å². The number of benzene rings is 1. The van der Waals surface area contributed by atoms with Gasteiger partial charge in [-0.25, -0.2) is 0 Å². The Hall–Kier alpha value is -1.35. The van der Waals surface area contributed by atoms with Crippen LogP contribution in [0.15, 0.2) is 24.3 Å². The van der Waals surface area contributed by atoms with Crippen LogP contribution in [0.4, 0.5) is 0 Å². The largest absolute Gasteiger partial charge is 0.369 e. The van der Waals surface area contributed by atoms with Crippen molar-refractivity contribution in [3.05, 3.63) is 35.4 Å². The van der Waals surface area contributed by atoms with Gasteiger partial charge in [0.25, 0.3) is 0 Å². The Labute approximate surface area is 122 Å². The molecule has 3 nitrogen and oxygen atoms in total. The molecule has 2 unspecified atom stereocenters. The van der Waals surface area contributed by atoms with Gasteiger partial charge in [-0.2, -0.15) is 0 Å². The van der Waals surface area contributed by atoms with Gasteiger partial charge in [0.15, 0.2) is 0 Å². The number of hydrogen-bond acceptors (Lipinski definition) is 2. The average molecular weight is 274 g/mol. The summed E-state index contributed by atoms with van der Waals surface area (Å²) in [7, 11) is 0. The summed E-state index contributed by atoms with van der Waals surface area (Å²) in [6.45, 7) is 7.33. The zero-order valence-electron chi connectivity index (χ0n) is 12.6. The van der Waals surface area contributed by atoms with Crippen LogP contribution in [0.3, 0.4) is 0 Å². The van der Waals surface area contributed by atoms with Crippen LogP contribution in [0.25, 0.3) is 0 Å². The number of amides is 1. The number of likely N-dealkylation sites (tertiary alicyclic amines) is 1. The monoisotopic (exact) mass is 274 g/mol. The Balaban J connectivity index is 1.87. The number of aryl methyl sites for hydroxylation is 1. The molecule has 3 heteroatoms. The second kappa shape index (κ2) is 6.89. The standard InChI is InChI=1S/C17H26N2O/c1-13-5-7-15(8-6-13)11-19-9-3-4-16(12-19)10-14(2)17(18)20/h5-8,14,16H,3-4,9-12H2,1-2H3,(H2,18,20). The summed E-state index contributed by atoms with van der Waals surface area (Å²) in [5, 5.41) is 0. The molecule has 0 aliphatic carbocycles. The molecule has 1 fully saturated rings. The maximum Gasteiger partial charge on any atom is 0.220 e. The van der Waals surface area contributed by atoms with E-state index in [-0.39, 0.29) is 11.8 Å². The van der Waals surface area contributed by atoms with Crippen molar-refractivity contribution in [1.82, 2.24) is 4.90 Å². The van der Waals surface area contributed by atoms with E-state index in [4.69, 9.17) is 5.73 Å². The van der Waals surface area contributed by atoms with Gasteiger partial charge in [-0.1, -0.05) is 36.8 Å². The highest BCUT2D eigenvalue weighted by Crippen LogP contribution is 2.24. The third-order valence-corrected chi connectivity index (χ3v) is 4.30. The van der Waals surface area contributed by atoms with Crippen LogP contribution in [0, 0.1) is 18.8 Å². The maximum absolute atomic E-state index is 11.2. The third kappa shape index (κ3) is 4.34. The minimum absolute atomic E-state index is 0.000625. The molecule has 0 spiro atoms. The average Bonchev–Trinajstić information content (AvgIpc) is 2.42. The van der Waals surface area contributed by atoms with Gasteiger partial charge in [0, 0.05) is 19.0 Å². The Kier molecular flexibility index (Phi) is 5.18. The fourth-order valence-corrected chi connectivity index (χ4v) is 3.06. The van der Waals surface area contributed by atoms with Gasteiger partial charge in [0.05, 0.1) is 0 Å². The molecule has 20 heavy (non-hydrogen) atoms. The summed E-state index contributed by atoms with van der Waals surface area (Å²) in [5.74, 6) is 0.441. The maximum atomic E-state index is 11.2. The Morgan fingerprint density at radius 1 is 1.40 bits per heavy atom. The number of primary amides is 1. The van der Waals surface area contributed by atoms with Gasteiger partial charge in [-0.05, 0) is 44.2 Å². The van der Waals surface area contributed by atoms with Crippen molar-refractivity contribution in [2.75, 3.05) is 13.1 Å². The summed E-state index contributed by atoms with van der Waals surface area (Å²) in [6, 6.07) is 8.77. The van der Waals surface area contributed by atoms with Gasteiger partial charge >= 0.3 is 0 Å². The Morgan fingerprint density at radius 3 is 2.75 bits per heavy atom. The van der Waals surface area contributed by atoms with E-state index in [9.17, 15) is 4.79 Å². The number of rotatable bonds is 5. The highest BCUT2D eigenvalue weighted by atomic mass is 16.1. The van der Waals surface area contributed by atoms with Gasteiger partial charge in [-0.15, -0.1) is 0 Å². The van der Waals surface area contributed by atoms with E-state index in [0.717, 1.165) is 26.1 Å². The summed E-state index contributed by atoms with van der Waals surface area (Å²) < 4.78 is 0. The van der Waals surface area contributed by atoms with Crippen LogP contribution in [-0.4, -0.2) is 23.9 Å². The molecule has 1 amide bonds. The first-order valence-electron chi connectivity index (χ1n) is 7.62. The second-order valence-electron chi connectivity index (χ2n) is 6.27. The van der Waals surface area contributed by atoms with Crippen molar-refractivity contribution in [2.24, 2.45) is 17.6 Å². The van der Waals surface area contributed by atoms with E-state index in [2.05, 4.69) is 36.1 Å². The van der Waals surface area contributed by atoms with Crippen molar-refractivity contribution >= 4 is 5.91 Å². The molecular weight excluding hydrogens is 248 g/mol. The van der Waals surface area contributed by atoms with Crippen molar-refractivity contribution in [3.63, 3.8) is 0 Å². The molecule has 1 saturated heterocycles. The molecule has 1 aromatic rings. The summed E-state index contributed by atoms with van der Waals surface area (Å²) in [4.78, 5) is 13.7. The van der Waals surface area contributed by atoms with Gasteiger partial charge < -0.3 is 5.73 Å². The summed E-state index contributed by atoms with van der Waals surface area (Å²) in [6.07, 6.45) is 3.38. The fraction of sp³-hybridized carbons (Fsp3) is 0.588. The normalized spacial score (nSPS) is 21.6. The number of hydrogen-bond donors (Lipinski definition) is 1. The quantitative estimate of drug-likeness (QED) is 0.897. The van der Waals surface area contributed by atoms with Crippen LogP contribution in [0.1, 0.15) is 37.3 Å². The molecule has 1 heterocycles. The lowest BCUT2D eigenvalue weighted by Gasteiger charge is -2.33.